The average Bonchev–Trinajstić information content (AvgIpc) is 3.17. The first-order chi connectivity index (χ1) is 11.4. The van der Waals surface area contributed by atoms with Gasteiger partial charge in [0.15, 0.2) is 0 Å². The zero-order valence-electron chi connectivity index (χ0n) is 15.0. The molecule has 2 atom stereocenters. The van der Waals surface area contributed by atoms with Crippen molar-refractivity contribution in [2.24, 2.45) is 0 Å². The predicted molar refractivity (Wildman–Crippen MR) is 88.8 cm³/mol. The molecule has 0 aromatic rings. The van der Waals surface area contributed by atoms with Crippen molar-refractivity contribution < 1.29 is 19.2 Å². The van der Waals surface area contributed by atoms with Gasteiger partial charge in [-0.15, -0.1) is 0 Å². The van der Waals surface area contributed by atoms with Crippen LogP contribution in [-0.4, -0.2) is 45.0 Å². The summed E-state index contributed by atoms with van der Waals surface area (Å²) in [7, 11) is 0. The van der Waals surface area contributed by atoms with Crippen LogP contribution in [0.1, 0.15) is 78.6 Å². The van der Waals surface area contributed by atoms with Crippen molar-refractivity contribution >= 4 is 23.6 Å². The molecule has 0 spiro atoms. The van der Waals surface area contributed by atoms with Gasteiger partial charge >= 0.3 is 0 Å². The quantitative estimate of drug-likeness (QED) is 0.406. The van der Waals surface area contributed by atoms with Gasteiger partial charge in [0.05, 0.1) is 11.6 Å². The number of hydrogen-bond donors (Lipinski definition) is 0. The van der Waals surface area contributed by atoms with Crippen molar-refractivity contribution in [1.82, 2.24) is 9.80 Å². The van der Waals surface area contributed by atoms with E-state index in [0.29, 0.717) is 12.8 Å². The first kappa shape index (κ1) is 18.6. The predicted octanol–water partition coefficient (Wildman–Crippen LogP) is 2.40. The van der Waals surface area contributed by atoms with Crippen LogP contribution in [0.25, 0.3) is 0 Å². The summed E-state index contributed by atoms with van der Waals surface area (Å²) in [4.78, 5) is 48.5. The Morgan fingerprint density at radius 3 is 1.71 bits per heavy atom. The molecule has 6 heteroatoms. The van der Waals surface area contributed by atoms with Crippen LogP contribution in [0.4, 0.5) is 0 Å². The molecule has 2 unspecified atom stereocenters. The summed E-state index contributed by atoms with van der Waals surface area (Å²) in [5.74, 6) is -0.750. The number of β-lactam (4-membered cyclic amide) rings is 4. The number of amides is 4. The maximum atomic E-state index is 11.6. The SMILES string of the molecule is CCCC1(N2C(=O)CC2=O)CC1N1C(=O)CC1=O.CCCCCC. The summed E-state index contributed by atoms with van der Waals surface area (Å²) in [6.07, 6.45) is 7.47. The molecule has 1 saturated carbocycles. The number of imide groups is 2. The van der Waals surface area contributed by atoms with Gasteiger partial charge in [-0.25, -0.2) is 0 Å². The highest BCUT2D eigenvalue weighted by Crippen LogP contribution is 2.53. The topological polar surface area (TPSA) is 74.8 Å². The Hall–Kier alpha value is -1.72. The van der Waals surface area contributed by atoms with Crippen LogP contribution in [-0.2, 0) is 19.2 Å². The van der Waals surface area contributed by atoms with E-state index < -0.39 is 5.54 Å². The first-order valence-electron chi connectivity index (χ1n) is 9.13. The Bertz CT molecular complexity index is 513. The molecule has 6 nitrogen and oxygen atoms in total. The normalized spacial score (nSPS) is 28.2. The Morgan fingerprint density at radius 1 is 0.833 bits per heavy atom. The van der Waals surface area contributed by atoms with E-state index in [2.05, 4.69) is 13.8 Å². The number of carbonyl (C=O) groups excluding carboxylic acids is 4. The Kier molecular flexibility index (Phi) is 5.78. The fourth-order valence-electron chi connectivity index (χ4n) is 3.69. The molecule has 0 bridgehead atoms. The van der Waals surface area contributed by atoms with E-state index >= 15 is 0 Å². The summed E-state index contributed by atoms with van der Waals surface area (Å²) < 4.78 is 0. The Balaban J connectivity index is 0.000000301. The second kappa shape index (κ2) is 7.45. The first-order valence-corrected chi connectivity index (χ1v) is 9.13. The maximum Gasteiger partial charge on any atom is 0.239 e. The Labute approximate surface area is 143 Å². The van der Waals surface area contributed by atoms with Crippen LogP contribution in [0.15, 0.2) is 0 Å². The van der Waals surface area contributed by atoms with Crippen LogP contribution in [0.5, 0.6) is 0 Å². The van der Waals surface area contributed by atoms with Crippen molar-refractivity contribution in [1.29, 1.82) is 0 Å². The van der Waals surface area contributed by atoms with Gasteiger partial charge in [-0.3, -0.25) is 29.0 Å². The average molecular weight is 336 g/mol. The van der Waals surface area contributed by atoms with Gasteiger partial charge in [0.2, 0.25) is 23.6 Å². The van der Waals surface area contributed by atoms with Gasteiger partial charge in [0, 0.05) is 0 Å². The summed E-state index contributed by atoms with van der Waals surface area (Å²) in [6, 6.07) is -0.278. The van der Waals surface area contributed by atoms with Crippen LogP contribution in [0.3, 0.4) is 0 Å². The molecular formula is C18H28N2O4. The second-order valence-electron chi connectivity index (χ2n) is 6.91. The van der Waals surface area contributed by atoms with Crippen molar-refractivity contribution in [2.75, 3.05) is 0 Å². The zero-order valence-corrected chi connectivity index (χ0v) is 15.0. The van der Waals surface area contributed by atoms with Gasteiger partial charge in [-0.05, 0) is 12.8 Å². The van der Waals surface area contributed by atoms with Crippen molar-refractivity contribution in [2.45, 2.75) is 90.1 Å². The van der Waals surface area contributed by atoms with E-state index in [1.54, 1.807) is 0 Å². The third kappa shape index (κ3) is 3.23. The highest BCUT2D eigenvalue weighted by atomic mass is 16.2. The van der Waals surface area contributed by atoms with Crippen LogP contribution in [0.2, 0.25) is 0 Å². The van der Waals surface area contributed by atoms with Gasteiger partial charge in [0.1, 0.15) is 12.8 Å². The highest BCUT2D eigenvalue weighted by molar-refractivity contribution is 6.17. The minimum atomic E-state index is -0.590. The Morgan fingerprint density at radius 2 is 1.33 bits per heavy atom. The third-order valence-corrected chi connectivity index (χ3v) is 5.05. The minimum Gasteiger partial charge on any atom is -0.276 e. The molecule has 0 radical (unpaired) electrons. The summed E-state index contributed by atoms with van der Waals surface area (Å²) in [5.41, 5.74) is -0.590. The number of carbonyl (C=O) groups is 4. The summed E-state index contributed by atoms with van der Waals surface area (Å²) in [6.45, 7) is 6.43. The number of unbranched alkanes of at least 4 members (excludes halogenated alkanes) is 3. The number of rotatable bonds is 7. The third-order valence-electron chi connectivity index (χ3n) is 5.05. The standard InChI is InChI=1S/C12H14N2O4.C6H14/c1-2-3-12(14-10(17)5-11(14)18)6-7(12)13-8(15)4-9(13)16;1-3-5-6-4-2/h7H,2-6H2,1H3;3-6H2,1-2H3. The number of likely N-dealkylation sites (tertiary alicyclic amines) is 2. The van der Waals surface area contributed by atoms with E-state index in [-0.39, 0.29) is 42.5 Å². The second-order valence-corrected chi connectivity index (χ2v) is 6.91. The van der Waals surface area contributed by atoms with E-state index in [0.717, 1.165) is 6.42 Å². The van der Waals surface area contributed by atoms with Gasteiger partial charge in [-0.2, -0.15) is 0 Å². The van der Waals surface area contributed by atoms with Gasteiger partial charge < -0.3 is 0 Å². The molecule has 4 amide bonds. The fourth-order valence-corrected chi connectivity index (χ4v) is 3.69. The fraction of sp³-hybridized carbons (Fsp3) is 0.778. The molecule has 0 aromatic carbocycles. The summed E-state index contributed by atoms with van der Waals surface area (Å²) >= 11 is 0. The zero-order chi connectivity index (χ0) is 17.9. The number of nitrogens with zero attached hydrogens (tertiary/aromatic N) is 2. The minimum absolute atomic E-state index is 0.0411. The summed E-state index contributed by atoms with van der Waals surface area (Å²) in [5, 5.41) is 0. The lowest BCUT2D eigenvalue weighted by molar-refractivity contribution is -0.167. The molecule has 0 N–H and O–H groups in total. The van der Waals surface area contributed by atoms with Crippen LogP contribution in [0, 0.1) is 0 Å². The lowest BCUT2D eigenvalue weighted by atomic mass is 10.00. The van der Waals surface area contributed by atoms with E-state index in [9.17, 15) is 19.2 Å². The molecule has 134 valence electrons. The molecule has 3 aliphatic rings. The molecule has 3 fully saturated rings. The maximum absolute atomic E-state index is 11.6. The van der Waals surface area contributed by atoms with Crippen molar-refractivity contribution in [3.05, 3.63) is 0 Å². The molecule has 2 heterocycles. The lowest BCUT2D eigenvalue weighted by Crippen LogP contribution is -2.61. The molecule has 0 aromatic heterocycles. The molecule has 1 aliphatic carbocycles. The van der Waals surface area contributed by atoms with E-state index in [1.165, 1.54) is 35.5 Å². The van der Waals surface area contributed by atoms with Crippen molar-refractivity contribution in [3.63, 3.8) is 0 Å². The van der Waals surface area contributed by atoms with Crippen LogP contribution < -0.4 is 0 Å². The lowest BCUT2D eigenvalue weighted by Gasteiger charge is -2.40. The van der Waals surface area contributed by atoms with E-state index in [1.807, 2.05) is 6.92 Å². The van der Waals surface area contributed by atoms with Crippen LogP contribution >= 0.6 is 0 Å². The largest absolute Gasteiger partial charge is 0.276 e. The number of hydrogen-bond acceptors (Lipinski definition) is 4. The monoisotopic (exact) mass is 336 g/mol. The molecule has 2 aliphatic heterocycles. The molecule has 2 saturated heterocycles. The smallest absolute Gasteiger partial charge is 0.239 e. The van der Waals surface area contributed by atoms with Gasteiger partial charge in [0.25, 0.3) is 0 Å². The molecule has 3 rings (SSSR count). The van der Waals surface area contributed by atoms with E-state index in [4.69, 9.17) is 0 Å². The highest BCUT2D eigenvalue weighted by Gasteiger charge is 2.68. The van der Waals surface area contributed by atoms with Crippen molar-refractivity contribution in [3.8, 4) is 0 Å². The molecule has 24 heavy (non-hydrogen) atoms. The molecular weight excluding hydrogens is 308 g/mol. The van der Waals surface area contributed by atoms with Gasteiger partial charge in [-0.1, -0.05) is 52.9 Å².